The van der Waals surface area contributed by atoms with E-state index in [1.807, 2.05) is 31.2 Å². The molecule has 2 heterocycles. The van der Waals surface area contributed by atoms with Crippen molar-refractivity contribution in [1.82, 2.24) is 14.5 Å². The Morgan fingerprint density at radius 2 is 1.87 bits per heavy atom. The van der Waals surface area contributed by atoms with Crippen molar-refractivity contribution in [3.63, 3.8) is 0 Å². The molecule has 0 bridgehead atoms. The van der Waals surface area contributed by atoms with Crippen LogP contribution in [0.5, 0.6) is 11.5 Å². The van der Waals surface area contributed by atoms with Gasteiger partial charge in [-0.25, -0.2) is 14.2 Å². The molecule has 1 aliphatic carbocycles. The highest BCUT2D eigenvalue weighted by Crippen LogP contribution is 2.40. The summed E-state index contributed by atoms with van der Waals surface area (Å²) in [7, 11) is 0. The number of nitrogen functional groups attached to an aromatic ring is 1. The minimum Gasteiger partial charge on any atom is -0.407 e. The number of rotatable bonds is 5. The zero-order valence-corrected chi connectivity index (χ0v) is 21.0. The second-order valence-corrected chi connectivity index (χ2v) is 9.80. The third kappa shape index (κ3) is 5.55. The predicted molar refractivity (Wildman–Crippen MR) is 133 cm³/mol. The van der Waals surface area contributed by atoms with Crippen LogP contribution in [0.15, 0.2) is 47.3 Å². The normalized spacial score (nSPS) is 16.3. The first kappa shape index (κ1) is 26.5. The fourth-order valence-electron chi connectivity index (χ4n) is 5.02. The van der Waals surface area contributed by atoms with Crippen LogP contribution in [0.2, 0.25) is 0 Å². The van der Waals surface area contributed by atoms with Gasteiger partial charge < -0.3 is 20.1 Å². The third-order valence-corrected chi connectivity index (χ3v) is 7.18. The summed E-state index contributed by atoms with van der Waals surface area (Å²) >= 11 is 0. The molecule has 2 aromatic carbocycles. The van der Waals surface area contributed by atoms with Crippen molar-refractivity contribution in [2.24, 2.45) is 5.92 Å². The highest BCUT2D eigenvalue weighted by atomic mass is 19.4. The van der Waals surface area contributed by atoms with Crippen molar-refractivity contribution in [2.45, 2.75) is 51.6 Å². The zero-order chi connectivity index (χ0) is 27.9. The molecule has 1 amide bonds. The largest absolute Gasteiger partial charge is 0.573 e. The van der Waals surface area contributed by atoms with E-state index >= 15 is 0 Å². The molecule has 206 valence electrons. The number of halogens is 4. The first-order chi connectivity index (χ1) is 18.5. The van der Waals surface area contributed by atoms with E-state index in [9.17, 15) is 27.2 Å². The van der Waals surface area contributed by atoms with E-state index in [2.05, 4.69) is 9.72 Å². The van der Waals surface area contributed by atoms with E-state index in [4.69, 9.17) is 10.5 Å². The van der Waals surface area contributed by atoms with Crippen LogP contribution >= 0.6 is 0 Å². The Kier molecular flexibility index (Phi) is 6.96. The monoisotopic (exact) mass is 546 g/mol. The maximum absolute atomic E-state index is 14.3. The van der Waals surface area contributed by atoms with Gasteiger partial charge >= 0.3 is 12.5 Å². The standard InChI is InChI=1S/C27H26F4N4O4/c1-15-5-7-17(8-6-15)23(16-3-2-4-16)35-24(36)19-11-12-34(14-21(19)33-25(35)32)26(37)38-22-10-9-18(13-20(22)28)39-27(29,30)31/h5-10,13,16,23H,2-4,11-12,14H2,1H3,(H2,32,33). The minimum atomic E-state index is -4.99. The fourth-order valence-corrected chi connectivity index (χ4v) is 5.02. The maximum Gasteiger partial charge on any atom is 0.573 e. The highest BCUT2D eigenvalue weighted by Gasteiger charge is 2.35. The van der Waals surface area contributed by atoms with Crippen LogP contribution < -0.4 is 20.8 Å². The third-order valence-electron chi connectivity index (χ3n) is 7.18. The van der Waals surface area contributed by atoms with Gasteiger partial charge in [0.1, 0.15) is 5.75 Å². The van der Waals surface area contributed by atoms with Crippen molar-refractivity contribution >= 4 is 12.0 Å². The molecule has 1 fully saturated rings. The molecule has 0 radical (unpaired) electrons. The van der Waals surface area contributed by atoms with Gasteiger partial charge in [0.15, 0.2) is 11.6 Å². The first-order valence-electron chi connectivity index (χ1n) is 12.5. The number of carbonyl (C=O) groups excluding carboxylic acids is 1. The number of anilines is 1. The summed E-state index contributed by atoms with van der Waals surface area (Å²) in [5.74, 6) is -2.26. The Hall–Kier alpha value is -4.09. The number of fused-ring (bicyclic) bond motifs is 1. The molecule has 0 spiro atoms. The lowest BCUT2D eigenvalue weighted by atomic mass is 9.77. The number of nitrogens with two attached hydrogens (primary N) is 1. The Labute approximate surface area is 221 Å². The Morgan fingerprint density at radius 1 is 1.15 bits per heavy atom. The summed E-state index contributed by atoms with van der Waals surface area (Å²) in [6, 6.07) is 9.92. The summed E-state index contributed by atoms with van der Waals surface area (Å²) in [6.45, 7) is 2.00. The Morgan fingerprint density at radius 3 is 2.49 bits per heavy atom. The second-order valence-electron chi connectivity index (χ2n) is 9.80. The molecule has 3 aromatic rings. The fraction of sp³-hybridized carbons (Fsp3) is 0.370. The molecule has 39 heavy (non-hydrogen) atoms. The van der Waals surface area contributed by atoms with Crippen molar-refractivity contribution in [3.05, 3.63) is 81.0 Å². The van der Waals surface area contributed by atoms with Crippen LogP contribution in [0.25, 0.3) is 0 Å². The number of nitrogens with zero attached hydrogens (tertiary/aromatic N) is 3. The van der Waals surface area contributed by atoms with Crippen LogP contribution in [0, 0.1) is 18.7 Å². The molecule has 1 atom stereocenters. The number of amides is 1. The van der Waals surface area contributed by atoms with Gasteiger partial charge in [0, 0.05) is 18.2 Å². The Balaban J connectivity index is 1.36. The molecule has 1 aliphatic heterocycles. The average molecular weight is 547 g/mol. The number of hydrogen-bond donors (Lipinski definition) is 1. The Bertz CT molecular complexity index is 1450. The van der Waals surface area contributed by atoms with Gasteiger partial charge in [-0.1, -0.05) is 36.2 Å². The second kappa shape index (κ2) is 10.2. The summed E-state index contributed by atoms with van der Waals surface area (Å²) < 4.78 is 61.6. The summed E-state index contributed by atoms with van der Waals surface area (Å²) in [6.07, 6.45) is -2.72. The van der Waals surface area contributed by atoms with Crippen LogP contribution in [0.4, 0.5) is 28.3 Å². The highest BCUT2D eigenvalue weighted by molar-refractivity contribution is 5.71. The number of carbonyl (C=O) groups is 1. The van der Waals surface area contributed by atoms with E-state index in [0.717, 1.165) is 42.5 Å². The van der Waals surface area contributed by atoms with E-state index in [0.29, 0.717) is 17.3 Å². The number of aryl methyl sites for hydroxylation is 1. The van der Waals surface area contributed by atoms with Gasteiger partial charge in [0.2, 0.25) is 5.95 Å². The number of hydrogen-bond acceptors (Lipinski definition) is 6. The topological polar surface area (TPSA) is 99.7 Å². The van der Waals surface area contributed by atoms with Crippen molar-refractivity contribution in [1.29, 1.82) is 0 Å². The van der Waals surface area contributed by atoms with E-state index in [1.165, 1.54) is 4.90 Å². The smallest absolute Gasteiger partial charge is 0.407 e. The SMILES string of the molecule is Cc1ccc(C(C2CCC2)n2c(N)nc3c(c2=O)CCN(C(=O)Oc2ccc(OC(F)(F)F)cc2F)C3)cc1. The van der Waals surface area contributed by atoms with Gasteiger partial charge in [-0.05, 0) is 49.8 Å². The number of aromatic nitrogens is 2. The van der Waals surface area contributed by atoms with Crippen LogP contribution in [-0.4, -0.2) is 33.5 Å². The molecule has 5 rings (SSSR count). The van der Waals surface area contributed by atoms with Crippen molar-refractivity contribution in [2.75, 3.05) is 12.3 Å². The molecular weight excluding hydrogens is 520 g/mol. The molecule has 8 nitrogen and oxygen atoms in total. The van der Waals surface area contributed by atoms with Gasteiger partial charge in [-0.2, -0.15) is 0 Å². The molecule has 1 unspecified atom stereocenters. The number of benzene rings is 2. The number of ether oxygens (including phenoxy) is 2. The van der Waals surface area contributed by atoms with Gasteiger partial charge in [0.25, 0.3) is 5.56 Å². The van der Waals surface area contributed by atoms with Gasteiger partial charge in [-0.3, -0.25) is 9.36 Å². The van der Waals surface area contributed by atoms with E-state index in [-0.39, 0.29) is 43.0 Å². The maximum atomic E-state index is 14.3. The minimum absolute atomic E-state index is 0.0396. The molecule has 1 saturated carbocycles. The summed E-state index contributed by atoms with van der Waals surface area (Å²) in [5.41, 5.74) is 8.93. The molecule has 12 heteroatoms. The quantitative estimate of drug-likeness (QED) is 0.446. The lowest BCUT2D eigenvalue weighted by Crippen LogP contribution is -2.44. The first-order valence-corrected chi connectivity index (χ1v) is 12.5. The molecule has 1 aromatic heterocycles. The van der Waals surface area contributed by atoms with E-state index in [1.54, 1.807) is 4.57 Å². The molecule has 2 aliphatic rings. The van der Waals surface area contributed by atoms with Crippen molar-refractivity contribution in [3.8, 4) is 11.5 Å². The lowest BCUT2D eigenvalue weighted by Gasteiger charge is -2.36. The predicted octanol–water partition coefficient (Wildman–Crippen LogP) is 5.12. The van der Waals surface area contributed by atoms with Crippen molar-refractivity contribution < 1.29 is 31.8 Å². The van der Waals surface area contributed by atoms with Gasteiger partial charge in [-0.15, -0.1) is 13.2 Å². The molecule has 0 saturated heterocycles. The van der Waals surface area contributed by atoms with Crippen LogP contribution in [-0.2, 0) is 13.0 Å². The molecular formula is C27H26F4N4O4. The van der Waals surface area contributed by atoms with Crippen LogP contribution in [0.3, 0.4) is 0 Å². The van der Waals surface area contributed by atoms with Gasteiger partial charge in [0.05, 0.1) is 18.3 Å². The lowest BCUT2D eigenvalue weighted by molar-refractivity contribution is -0.274. The van der Waals surface area contributed by atoms with Crippen LogP contribution in [0.1, 0.15) is 47.7 Å². The zero-order valence-electron chi connectivity index (χ0n) is 21.0. The summed E-state index contributed by atoms with van der Waals surface area (Å²) in [4.78, 5) is 32.1. The molecule has 2 N–H and O–H groups in total. The number of alkyl halides is 3. The van der Waals surface area contributed by atoms with E-state index < -0.39 is 29.8 Å². The average Bonchev–Trinajstić information content (AvgIpc) is 2.83. The summed E-state index contributed by atoms with van der Waals surface area (Å²) in [5, 5.41) is 0.